The molecule has 1 heterocycles. The van der Waals surface area contributed by atoms with Crippen LogP contribution in [0.5, 0.6) is 0 Å². The normalized spacial score (nSPS) is 27.7. The molecule has 1 N–H and O–H groups in total. The fraction of sp³-hybridized carbons (Fsp3) is 1.00. The van der Waals surface area contributed by atoms with Gasteiger partial charge in [-0.05, 0) is 38.1 Å². The molecule has 0 bridgehead atoms. The molecule has 0 aromatic carbocycles. The highest BCUT2D eigenvalue weighted by Gasteiger charge is 2.40. The molecule has 3 heteroatoms. The van der Waals surface area contributed by atoms with Crippen LogP contribution in [-0.4, -0.2) is 35.3 Å². The van der Waals surface area contributed by atoms with Crippen molar-refractivity contribution in [2.75, 3.05) is 18.9 Å². The number of ether oxygens (including phenoxy) is 1. The summed E-state index contributed by atoms with van der Waals surface area (Å²) < 4.78 is 6.64. The molecule has 0 aromatic heterocycles. The van der Waals surface area contributed by atoms with Crippen LogP contribution in [0.15, 0.2) is 0 Å². The molecule has 2 fully saturated rings. The van der Waals surface area contributed by atoms with E-state index < -0.39 is 0 Å². The summed E-state index contributed by atoms with van der Waals surface area (Å²) in [5.74, 6) is 2.03. The third kappa shape index (κ3) is 5.44. The van der Waals surface area contributed by atoms with Crippen molar-refractivity contribution in [3.05, 3.63) is 0 Å². The molecule has 2 nitrogen and oxygen atoms in total. The van der Waals surface area contributed by atoms with E-state index in [1.54, 1.807) is 0 Å². The predicted molar refractivity (Wildman–Crippen MR) is 94.2 cm³/mol. The van der Waals surface area contributed by atoms with Crippen molar-refractivity contribution < 1.29 is 4.74 Å². The second-order valence-electron chi connectivity index (χ2n) is 7.93. The Morgan fingerprint density at radius 3 is 2.57 bits per heavy atom. The van der Waals surface area contributed by atoms with Crippen LogP contribution in [0, 0.1) is 5.92 Å². The second kappa shape index (κ2) is 7.70. The molecule has 0 radical (unpaired) electrons. The number of hydrogen-bond acceptors (Lipinski definition) is 3. The first kappa shape index (κ1) is 17.6. The predicted octanol–water partition coefficient (Wildman–Crippen LogP) is 4.63. The lowest BCUT2D eigenvalue weighted by Crippen LogP contribution is -2.49. The first-order valence-corrected chi connectivity index (χ1v) is 9.94. The zero-order valence-electron chi connectivity index (χ0n) is 14.5. The number of rotatable bonds is 5. The lowest BCUT2D eigenvalue weighted by molar-refractivity contribution is -0.120. The standard InChI is InChI=1S/C18H35NOS/c1-5-19-16(14-21-17(2,3)4)15-9-12-20-18(13-15)10-7-6-8-11-18/h15-16,19H,5-14H2,1-4H3. The first-order chi connectivity index (χ1) is 9.94. The van der Waals surface area contributed by atoms with Crippen LogP contribution in [0.3, 0.4) is 0 Å². The number of hydrogen-bond donors (Lipinski definition) is 1. The van der Waals surface area contributed by atoms with Gasteiger partial charge < -0.3 is 10.1 Å². The van der Waals surface area contributed by atoms with Crippen molar-refractivity contribution in [3.63, 3.8) is 0 Å². The minimum Gasteiger partial charge on any atom is -0.375 e. The van der Waals surface area contributed by atoms with E-state index in [2.05, 4.69) is 44.8 Å². The average molecular weight is 314 g/mol. The van der Waals surface area contributed by atoms with Crippen LogP contribution in [0.4, 0.5) is 0 Å². The molecule has 1 saturated carbocycles. The maximum atomic E-state index is 6.28. The Kier molecular flexibility index (Phi) is 6.46. The van der Waals surface area contributed by atoms with Crippen molar-refractivity contribution >= 4 is 11.8 Å². The number of nitrogens with one attached hydrogen (secondary N) is 1. The van der Waals surface area contributed by atoms with Crippen molar-refractivity contribution in [1.82, 2.24) is 5.32 Å². The Hall–Kier alpha value is 0.270. The maximum absolute atomic E-state index is 6.28. The van der Waals surface area contributed by atoms with E-state index in [9.17, 15) is 0 Å². The van der Waals surface area contributed by atoms with Crippen molar-refractivity contribution in [1.29, 1.82) is 0 Å². The molecule has 1 aliphatic heterocycles. The van der Waals surface area contributed by atoms with Gasteiger partial charge in [0.25, 0.3) is 0 Å². The van der Waals surface area contributed by atoms with Crippen LogP contribution in [0.1, 0.15) is 72.6 Å². The molecule has 0 aromatic rings. The summed E-state index contributed by atoms with van der Waals surface area (Å²) in [5, 5.41) is 3.77. The molecule has 124 valence electrons. The van der Waals surface area contributed by atoms with Crippen LogP contribution in [0.2, 0.25) is 0 Å². The van der Waals surface area contributed by atoms with Crippen LogP contribution >= 0.6 is 11.8 Å². The first-order valence-electron chi connectivity index (χ1n) is 8.95. The molecule has 1 spiro atoms. The molecule has 2 aliphatic rings. The highest BCUT2D eigenvalue weighted by atomic mass is 32.2. The summed E-state index contributed by atoms with van der Waals surface area (Å²) >= 11 is 2.11. The maximum Gasteiger partial charge on any atom is 0.0685 e. The van der Waals surface area contributed by atoms with Crippen LogP contribution in [0.25, 0.3) is 0 Å². The van der Waals surface area contributed by atoms with Crippen molar-refractivity contribution in [2.45, 2.75) is 89.0 Å². The summed E-state index contributed by atoms with van der Waals surface area (Å²) in [7, 11) is 0. The highest BCUT2D eigenvalue weighted by Crippen LogP contribution is 2.42. The molecular formula is C18H35NOS. The smallest absolute Gasteiger partial charge is 0.0685 e. The van der Waals surface area contributed by atoms with Crippen molar-refractivity contribution in [2.24, 2.45) is 5.92 Å². The Balaban J connectivity index is 1.95. The third-order valence-corrected chi connectivity index (χ3v) is 6.42. The van der Waals surface area contributed by atoms with Gasteiger partial charge in [0.2, 0.25) is 0 Å². The SMILES string of the molecule is CCNC(CSC(C)(C)C)C1CCOC2(CCCCC2)C1. The fourth-order valence-corrected chi connectivity index (χ4v) is 4.99. The summed E-state index contributed by atoms with van der Waals surface area (Å²) in [6.45, 7) is 11.3. The Labute approximate surface area is 136 Å². The van der Waals surface area contributed by atoms with Gasteiger partial charge in [0.05, 0.1) is 5.60 Å². The zero-order chi connectivity index (χ0) is 15.3. The van der Waals surface area contributed by atoms with E-state index >= 15 is 0 Å². The quantitative estimate of drug-likeness (QED) is 0.800. The molecule has 2 unspecified atom stereocenters. The minimum absolute atomic E-state index is 0.237. The topological polar surface area (TPSA) is 21.3 Å². The minimum atomic E-state index is 0.237. The van der Waals surface area contributed by atoms with Gasteiger partial charge in [-0.1, -0.05) is 47.0 Å². The summed E-state index contributed by atoms with van der Waals surface area (Å²) in [4.78, 5) is 0. The molecule has 1 aliphatic carbocycles. The van der Waals surface area contributed by atoms with Crippen LogP contribution in [-0.2, 0) is 4.74 Å². The lowest BCUT2D eigenvalue weighted by atomic mass is 9.74. The van der Waals surface area contributed by atoms with Gasteiger partial charge in [0.1, 0.15) is 0 Å². The lowest BCUT2D eigenvalue weighted by Gasteiger charge is -2.46. The molecular weight excluding hydrogens is 278 g/mol. The second-order valence-corrected chi connectivity index (χ2v) is 9.78. The molecule has 1 saturated heterocycles. The van der Waals surface area contributed by atoms with Gasteiger partial charge in [0, 0.05) is 23.1 Å². The average Bonchev–Trinajstić information content (AvgIpc) is 2.43. The van der Waals surface area contributed by atoms with Gasteiger partial charge in [-0.25, -0.2) is 0 Å². The van der Waals surface area contributed by atoms with E-state index in [1.807, 2.05) is 0 Å². The van der Waals surface area contributed by atoms with E-state index in [0.717, 1.165) is 19.1 Å². The Morgan fingerprint density at radius 1 is 1.24 bits per heavy atom. The summed E-state index contributed by atoms with van der Waals surface area (Å²) in [5.41, 5.74) is 0.237. The number of thioether (sulfide) groups is 1. The monoisotopic (exact) mass is 313 g/mol. The van der Waals surface area contributed by atoms with Gasteiger partial charge in [0.15, 0.2) is 0 Å². The summed E-state index contributed by atoms with van der Waals surface area (Å²) in [6.07, 6.45) is 9.28. The highest BCUT2D eigenvalue weighted by molar-refractivity contribution is 8.00. The molecule has 2 atom stereocenters. The van der Waals surface area contributed by atoms with Gasteiger partial charge in [-0.3, -0.25) is 0 Å². The zero-order valence-corrected chi connectivity index (χ0v) is 15.4. The van der Waals surface area contributed by atoms with Crippen LogP contribution < -0.4 is 5.32 Å². The van der Waals surface area contributed by atoms with E-state index in [1.165, 1.54) is 50.7 Å². The van der Waals surface area contributed by atoms with Gasteiger partial charge in [-0.15, -0.1) is 0 Å². The Bertz CT molecular complexity index is 301. The summed E-state index contributed by atoms with van der Waals surface area (Å²) in [6, 6.07) is 0.655. The third-order valence-electron chi connectivity index (χ3n) is 5.03. The largest absolute Gasteiger partial charge is 0.375 e. The van der Waals surface area contributed by atoms with Gasteiger partial charge >= 0.3 is 0 Å². The Morgan fingerprint density at radius 2 is 1.95 bits per heavy atom. The fourth-order valence-electron chi connectivity index (χ4n) is 3.92. The van der Waals surface area contributed by atoms with Crippen molar-refractivity contribution in [3.8, 4) is 0 Å². The molecule has 21 heavy (non-hydrogen) atoms. The van der Waals surface area contributed by atoms with Gasteiger partial charge in [-0.2, -0.15) is 11.8 Å². The van der Waals surface area contributed by atoms with E-state index in [-0.39, 0.29) is 5.60 Å². The molecule has 2 rings (SSSR count). The molecule has 0 amide bonds. The van der Waals surface area contributed by atoms with E-state index in [0.29, 0.717) is 10.8 Å². The van der Waals surface area contributed by atoms with E-state index in [4.69, 9.17) is 4.74 Å².